The Balaban J connectivity index is 1.39. The van der Waals surface area contributed by atoms with E-state index in [2.05, 4.69) is 26.3 Å². The van der Waals surface area contributed by atoms with Crippen LogP contribution in [0.1, 0.15) is 23.2 Å². The molecule has 2 aromatic rings. The molecule has 0 bridgehead atoms. The largest absolute Gasteiger partial charge is 0.368 e. The van der Waals surface area contributed by atoms with Gasteiger partial charge in [0.05, 0.1) is 6.54 Å². The maximum absolute atomic E-state index is 12.9. The van der Waals surface area contributed by atoms with E-state index in [1.807, 2.05) is 35.4 Å². The minimum absolute atomic E-state index is 0.0469. The number of amides is 1. The highest BCUT2D eigenvalue weighted by Gasteiger charge is 2.26. The molecule has 0 radical (unpaired) electrons. The third-order valence-corrected chi connectivity index (χ3v) is 5.56. The molecular formula is C19H24ClN5O. The van der Waals surface area contributed by atoms with Crippen molar-refractivity contribution in [1.29, 1.82) is 0 Å². The van der Waals surface area contributed by atoms with Crippen LogP contribution in [0.5, 0.6) is 0 Å². The normalized spacial score (nSPS) is 18.1. The SMILES string of the molecule is CCN1CCn2cc(C(=O)N3CCN(c4ccc(Cl)cc4)CC3)nc2C1. The zero-order valence-corrected chi connectivity index (χ0v) is 15.8. The van der Waals surface area contributed by atoms with Crippen LogP contribution in [0.2, 0.25) is 5.02 Å². The van der Waals surface area contributed by atoms with Crippen LogP contribution in [-0.2, 0) is 13.1 Å². The van der Waals surface area contributed by atoms with Gasteiger partial charge in [0.25, 0.3) is 5.91 Å². The number of piperazine rings is 1. The Labute approximate surface area is 159 Å². The second kappa shape index (κ2) is 7.29. The van der Waals surface area contributed by atoms with Gasteiger partial charge in [0.1, 0.15) is 11.5 Å². The van der Waals surface area contributed by atoms with Crippen molar-refractivity contribution >= 4 is 23.2 Å². The van der Waals surface area contributed by atoms with Gasteiger partial charge in [-0.1, -0.05) is 18.5 Å². The molecular weight excluding hydrogens is 350 g/mol. The fourth-order valence-corrected chi connectivity index (χ4v) is 3.78. The van der Waals surface area contributed by atoms with Crippen molar-refractivity contribution in [1.82, 2.24) is 19.4 Å². The van der Waals surface area contributed by atoms with Gasteiger partial charge in [-0.3, -0.25) is 9.69 Å². The van der Waals surface area contributed by atoms with Crippen LogP contribution in [0.15, 0.2) is 30.5 Å². The minimum Gasteiger partial charge on any atom is -0.368 e. The lowest BCUT2D eigenvalue weighted by molar-refractivity contribution is 0.0741. The topological polar surface area (TPSA) is 44.6 Å². The van der Waals surface area contributed by atoms with Crippen LogP contribution < -0.4 is 4.90 Å². The summed E-state index contributed by atoms with van der Waals surface area (Å²) in [5.41, 5.74) is 1.73. The van der Waals surface area contributed by atoms with Gasteiger partial charge in [0.2, 0.25) is 0 Å². The van der Waals surface area contributed by atoms with E-state index >= 15 is 0 Å². The molecule has 1 fully saturated rings. The molecule has 4 rings (SSSR count). The molecule has 7 heteroatoms. The molecule has 0 saturated carbocycles. The fourth-order valence-electron chi connectivity index (χ4n) is 3.66. The Morgan fingerprint density at radius 3 is 2.50 bits per heavy atom. The molecule has 0 N–H and O–H groups in total. The summed E-state index contributed by atoms with van der Waals surface area (Å²) >= 11 is 5.96. The number of likely N-dealkylation sites (N-methyl/N-ethyl adjacent to an activating group) is 1. The number of carbonyl (C=O) groups is 1. The number of nitrogens with zero attached hydrogens (tertiary/aromatic N) is 5. The number of fused-ring (bicyclic) bond motifs is 1. The Morgan fingerprint density at radius 1 is 1.08 bits per heavy atom. The number of hydrogen-bond donors (Lipinski definition) is 0. The van der Waals surface area contributed by atoms with Gasteiger partial charge in [-0.2, -0.15) is 0 Å². The summed E-state index contributed by atoms with van der Waals surface area (Å²) in [5, 5.41) is 0.743. The van der Waals surface area contributed by atoms with E-state index in [0.717, 1.165) is 55.8 Å². The van der Waals surface area contributed by atoms with Crippen molar-refractivity contribution in [2.24, 2.45) is 0 Å². The standard InChI is InChI=1S/C19H24ClN5O/c1-2-22-7-8-25-13-17(21-18(25)14-22)19(26)24-11-9-23(10-12-24)16-5-3-15(20)4-6-16/h3-6,13H,2,7-12,14H2,1H3. The number of aromatic nitrogens is 2. The molecule has 1 amide bonds. The maximum atomic E-state index is 12.9. The van der Waals surface area contributed by atoms with Gasteiger partial charge in [-0.05, 0) is 30.8 Å². The second-order valence-electron chi connectivity index (χ2n) is 6.86. The summed E-state index contributed by atoms with van der Waals surface area (Å²) in [6, 6.07) is 7.87. The summed E-state index contributed by atoms with van der Waals surface area (Å²) < 4.78 is 2.13. The number of benzene rings is 1. The fraction of sp³-hybridized carbons (Fsp3) is 0.474. The first-order chi connectivity index (χ1) is 12.6. The van der Waals surface area contributed by atoms with Crippen LogP contribution in [0.4, 0.5) is 5.69 Å². The van der Waals surface area contributed by atoms with E-state index in [1.54, 1.807) is 0 Å². The van der Waals surface area contributed by atoms with Crippen LogP contribution in [-0.4, -0.2) is 64.5 Å². The summed E-state index contributed by atoms with van der Waals surface area (Å²) in [4.78, 5) is 24.0. The molecule has 1 aromatic carbocycles. The lowest BCUT2D eigenvalue weighted by Crippen LogP contribution is -2.48. The quantitative estimate of drug-likeness (QED) is 0.828. The number of imidazole rings is 1. The predicted molar refractivity (Wildman–Crippen MR) is 103 cm³/mol. The highest BCUT2D eigenvalue weighted by molar-refractivity contribution is 6.30. The Kier molecular flexibility index (Phi) is 4.87. The molecule has 0 aliphatic carbocycles. The van der Waals surface area contributed by atoms with Gasteiger partial charge in [0.15, 0.2) is 0 Å². The zero-order valence-electron chi connectivity index (χ0n) is 15.1. The third-order valence-electron chi connectivity index (χ3n) is 5.31. The average molecular weight is 374 g/mol. The molecule has 1 aromatic heterocycles. The van der Waals surface area contributed by atoms with Gasteiger partial charge >= 0.3 is 0 Å². The van der Waals surface area contributed by atoms with E-state index in [0.29, 0.717) is 18.8 Å². The second-order valence-corrected chi connectivity index (χ2v) is 7.30. The van der Waals surface area contributed by atoms with E-state index in [1.165, 1.54) is 0 Å². The van der Waals surface area contributed by atoms with Crippen LogP contribution in [0, 0.1) is 0 Å². The van der Waals surface area contributed by atoms with Crippen molar-refractivity contribution in [2.45, 2.75) is 20.0 Å². The maximum Gasteiger partial charge on any atom is 0.274 e. The summed E-state index contributed by atoms with van der Waals surface area (Å²) in [6.07, 6.45) is 1.93. The van der Waals surface area contributed by atoms with Crippen LogP contribution in [0.3, 0.4) is 0 Å². The van der Waals surface area contributed by atoms with Gasteiger partial charge in [-0.25, -0.2) is 4.98 Å². The van der Waals surface area contributed by atoms with E-state index in [9.17, 15) is 4.79 Å². The molecule has 26 heavy (non-hydrogen) atoms. The monoisotopic (exact) mass is 373 g/mol. The van der Waals surface area contributed by atoms with Crippen LogP contribution in [0.25, 0.3) is 0 Å². The van der Waals surface area contributed by atoms with Gasteiger partial charge in [-0.15, -0.1) is 0 Å². The molecule has 138 valence electrons. The smallest absolute Gasteiger partial charge is 0.274 e. The number of anilines is 1. The van der Waals surface area contributed by atoms with Crippen molar-refractivity contribution < 1.29 is 4.79 Å². The number of carbonyl (C=O) groups excluding carboxylic acids is 1. The molecule has 0 spiro atoms. The lowest BCUT2D eigenvalue weighted by Gasteiger charge is -2.35. The molecule has 2 aliphatic heterocycles. The summed E-state index contributed by atoms with van der Waals surface area (Å²) in [5.74, 6) is 1.05. The number of hydrogen-bond acceptors (Lipinski definition) is 4. The molecule has 3 heterocycles. The highest BCUT2D eigenvalue weighted by Crippen LogP contribution is 2.20. The lowest BCUT2D eigenvalue weighted by atomic mass is 10.2. The van der Waals surface area contributed by atoms with Crippen molar-refractivity contribution in [3.05, 3.63) is 47.0 Å². The Bertz CT molecular complexity index is 780. The molecule has 2 aliphatic rings. The third kappa shape index (κ3) is 3.44. The van der Waals surface area contributed by atoms with E-state index < -0.39 is 0 Å². The van der Waals surface area contributed by atoms with Gasteiger partial charge < -0.3 is 14.4 Å². The van der Waals surface area contributed by atoms with Crippen molar-refractivity contribution in [3.63, 3.8) is 0 Å². The molecule has 0 atom stereocenters. The van der Waals surface area contributed by atoms with Crippen LogP contribution >= 0.6 is 11.6 Å². The number of rotatable bonds is 3. The minimum atomic E-state index is 0.0469. The average Bonchev–Trinajstić information content (AvgIpc) is 3.11. The first-order valence-corrected chi connectivity index (χ1v) is 9.60. The first-order valence-electron chi connectivity index (χ1n) is 9.22. The first kappa shape index (κ1) is 17.4. The number of halogens is 1. The molecule has 1 saturated heterocycles. The van der Waals surface area contributed by atoms with E-state index in [4.69, 9.17) is 11.6 Å². The zero-order chi connectivity index (χ0) is 18.1. The Morgan fingerprint density at radius 2 is 1.81 bits per heavy atom. The van der Waals surface area contributed by atoms with Gasteiger partial charge in [0, 0.05) is 56.2 Å². The molecule has 0 unspecified atom stereocenters. The van der Waals surface area contributed by atoms with Crippen molar-refractivity contribution in [3.8, 4) is 0 Å². The van der Waals surface area contributed by atoms with E-state index in [-0.39, 0.29) is 5.91 Å². The molecule has 6 nitrogen and oxygen atoms in total. The summed E-state index contributed by atoms with van der Waals surface area (Å²) in [6.45, 7) is 9.01. The predicted octanol–water partition coefficient (Wildman–Crippen LogP) is 2.33. The Hall–Kier alpha value is -2.05. The highest BCUT2D eigenvalue weighted by atomic mass is 35.5. The summed E-state index contributed by atoms with van der Waals surface area (Å²) in [7, 11) is 0. The van der Waals surface area contributed by atoms with Crippen molar-refractivity contribution in [2.75, 3.05) is 44.2 Å².